The average molecular weight is 276 g/mol. The number of benzene rings is 1. The number of nitrogens with two attached hydrogens (primary N) is 1. The highest BCUT2D eigenvalue weighted by Gasteiger charge is 2.32. The van der Waals surface area contributed by atoms with Crippen LogP contribution in [0.2, 0.25) is 0 Å². The van der Waals surface area contributed by atoms with E-state index in [0.29, 0.717) is 19.1 Å². The molecule has 3 N–H and O–H groups in total. The summed E-state index contributed by atoms with van der Waals surface area (Å²) in [5.41, 5.74) is 6.11. The summed E-state index contributed by atoms with van der Waals surface area (Å²) in [7, 11) is 0. The molecule has 1 saturated heterocycles. The van der Waals surface area contributed by atoms with Crippen molar-refractivity contribution in [1.29, 1.82) is 0 Å². The second-order valence-corrected chi connectivity index (χ2v) is 6.30. The van der Waals surface area contributed by atoms with E-state index in [9.17, 15) is 5.11 Å². The van der Waals surface area contributed by atoms with Gasteiger partial charge in [-0.1, -0.05) is 43.7 Å². The summed E-state index contributed by atoms with van der Waals surface area (Å²) in [4.78, 5) is 2.37. The normalized spacial score (nSPS) is 27.2. The molecule has 0 spiro atoms. The first-order valence-electron chi connectivity index (χ1n) is 7.79. The lowest BCUT2D eigenvalue weighted by Gasteiger charge is -2.42. The number of β-amino-alcohol motifs (C(OH)–C–C–N with tert-alkyl or cyclic N) is 1. The van der Waals surface area contributed by atoms with E-state index in [4.69, 9.17) is 5.73 Å². The molecule has 0 saturated carbocycles. The predicted molar refractivity (Wildman–Crippen MR) is 83.4 cm³/mol. The molecule has 2 rings (SSSR count). The third-order valence-electron chi connectivity index (χ3n) is 4.70. The molecular formula is C17H28N2O. The van der Waals surface area contributed by atoms with Crippen LogP contribution in [-0.2, 0) is 5.60 Å². The topological polar surface area (TPSA) is 49.5 Å². The van der Waals surface area contributed by atoms with E-state index in [0.717, 1.165) is 24.4 Å². The first-order valence-corrected chi connectivity index (χ1v) is 7.79. The van der Waals surface area contributed by atoms with Crippen LogP contribution in [0.25, 0.3) is 0 Å². The maximum atomic E-state index is 10.8. The number of hydrogen-bond donors (Lipinski definition) is 2. The standard InChI is InChI=1S/C17H28N2O/c1-3-14-9-10-19(16(11-14)12-18)13-17(2,20)15-7-5-4-6-8-15/h4-8,14,16,20H,3,9-13,18H2,1-2H3. The summed E-state index contributed by atoms with van der Waals surface area (Å²) in [6.45, 7) is 6.55. The Morgan fingerprint density at radius 1 is 1.35 bits per heavy atom. The van der Waals surface area contributed by atoms with Gasteiger partial charge in [-0.25, -0.2) is 0 Å². The first kappa shape index (κ1) is 15.5. The molecule has 1 aromatic carbocycles. The molecule has 3 heteroatoms. The molecule has 0 aromatic heterocycles. The largest absolute Gasteiger partial charge is 0.384 e. The maximum absolute atomic E-state index is 10.8. The van der Waals surface area contributed by atoms with Crippen LogP contribution >= 0.6 is 0 Å². The molecule has 20 heavy (non-hydrogen) atoms. The Morgan fingerprint density at radius 2 is 2.05 bits per heavy atom. The minimum Gasteiger partial charge on any atom is -0.384 e. The van der Waals surface area contributed by atoms with Gasteiger partial charge in [0.25, 0.3) is 0 Å². The number of aliphatic hydroxyl groups is 1. The summed E-state index contributed by atoms with van der Waals surface area (Å²) in [6, 6.07) is 10.3. The Morgan fingerprint density at radius 3 is 2.65 bits per heavy atom. The molecule has 0 radical (unpaired) electrons. The fourth-order valence-electron chi connectivity index (χ4n) is 3.29. The van der Waals surface area contributed by atoms with Gasteiger partial charge in [0.2, 0.25) is 0 Å². The van der Waals surface area contributed by atoms with Crippen molar-refractivity contribution in [3.63, 3.8) is 0 Å². The molecule has 3 unspecified atom stereocenters. The summed E-state index contributed by atoms with van der Waals surface area (Å²) in [5, 5.41) is 10.8. The highest BCUT2D eigenvalue weighted by molar-refractivity contribution is 5.22. The molecule has 0 bridgehead atoms. The van der Waals surface area contributed by atoms with Crippen molar-refractivity contribution in [3.05, 3.63) is 35.9 Å². The van der Waals surface area contributed by atoms with Gasteiger partial charge in [-0.15, -0.1) is 0 Å². The lowest BCUT2D eigenvalue weighted by atomic mass is 9.87. The number of piperidine rings is 1. The Labute approximate surface area is 122 Å². The summed E-state index contributed by atoms with van der Waals surface area (Å²) in [6.07, 6.45) is 3.62. The SMILES string of the molecule is CCC1CCN(CC(C)(O)c2ccccc2)C(CN)C1. The molecule has 3 nitrogen and oxygen atoms in total. The molecule has 1 aromatic rings. The van der Waals surface area contributed by atoms with Crippen molar-refractivity contribution >= 4 is 0 Å². The highest BCUT2D eigenvalue weighted by atomic mass is 16.3. The molecule has 1 aliphatic heterocycles. The zero-order valence-corrected chi connectivity index (χ0v) is 12.8. The lowest BCUT2D eigenvalue weighted by molar-refractivity contribution is -0.0132. The van der Waals surface area contributed by atoms with Crippen LogP contribution < -0.4 is 5.73 Å². The van der Waals surface area contributed by atoms with Crippen LogP contribution in [-0.4, -0.2) is 35.7 Å². The summed E-state index contributed by atoms with van der Waals surface area (Å²) >= 11 is 0. The highest BCUT2D eigenvalue weighted by Crippen LogP contribution is 2.29. The molecule has 0 aliphatic carbocycles. The zero-order chi connectivity index (χ0) is 14.6. The van der Waals surface area contributed by atoms with Crippen molar-refractivity contribution in [1.82, 2.24) is 4.90 Å². The van der Waals surface area contributed by atoms with Crippen LogP contribution in [0.4, 0.5) is 0 Å². The summed E-state index contributed by atoms with van der Waals surface area (Å²) in [5.74, 6) is 0.793. The Bertz CT molecular complexity index is 405. The minimum atomic E-state index is -0.812. The van der Waals surface area contributed by atoms with E-state index in [2.05, 4.69) is 11.8 Å². The fourth-order valence-corrected chi connectivity index (χ4v) is 3.29. The second kappa shape index (κ2) is 6.70. The quantitative estimate of drug-likeness (QED) is 0.868. The smallest absolute Gasteiger partial charge is 0.0994 e. The third kappa shape index (κ3) is 3.60. The van der Waals surface area contributed by atoms with E-state index in [-0.39, 0.29) is 0 Å². The zero-order valence-electron chi connectivity index (χ0n) is 12.8. The Kier molecular flexibility index (Phi) is 5.19. The number of nitrogens with zero attached hydrogens (tertiary/aromatic N) is 1. The Balaban J connectivity index is 2.05. The molecular weight excluding hydrogens is 248 g/mol. The van der Waals surface area contributed by atoms with Gasteiger partial charge in [-0.2, -0.15) is 0 Å². The van der Waals surface area contributed by atoms with Crippen LogP contribution in [0.3, 0.4) is 0 Å². The lowest BCUT2D eigenvalue weighted by Crippen LogP contribution is -2.51. The number of rotatable bonds is 5. The number of likely N-dealkylation sites (tertiary alicyclic amines) is 1. The van der Waals surface area contributed by atoms with Gasteiger partial charge >= 0.3 is 0 Å². The molecule has 3 atom stereocenters. The van der Waals surface area contributed by atoms with Crippen molar-refractivity contribution in [2.45, 2.75) is 44.8 Å². The van der Waals surface area contributed by atoms with Crippen LogP contribution in [0, 0.1) is 5.92 Å². The average Bonchev–Trinajstić information content (AvgIpc) is 2.48. The van der Waals surface area contributed by atoms with Crippen LogP contribution in [0.15, 0.2) is 30.3 Å². The van der Waals surface area contributed by atoms with Gasteiger partial charge in [-0.3, -0.25) is 4.90 Å². The molecule has 0 amide bonds. The van der Waals surface area contributed by atoms with E-state index in [1.165, 1.54) is 12.8 Å². The maximum Gasteiger partial charge on any atom is 0.0994 e. The van der Waals surface area contributed by atoms with E-state index in [1.54, 1.807) is 0 Å². The molecule has 1 heterocycles. The summed E-state index contributed by atoms with van der Waals surface area (Å²) < 4.78 is 0. The second-order valence-electron chi connectivity index (χ2n) is 6.30. The van der Waals surface area contributed by atoms with Gasteiger partial charge in [-0.05, 0) is 37.8 Å². The van der Waals surface area contributed by atoms with Crippen LogP contribution in [0.5, 0.6) is 0 Å². The van der Waals surface area contributed by atoms with Crippen molar-refractivity contribution < 1.29 is 5.11 Å². The monoisotopic (exact) mass is 276 g/mol. The minimum absolute atomic E-state index is 0.406. The fraction of sp³-hybridized carbons (Fsp3) is 0.647. The van der Waals surface area contributed by atoms with Gasteiger partial charge in [0.05, 0.1) is 5.60 Å². The van der Waals surface area contributed by atoms with Crippen molar-refractivity contribution in [2.75, 3.05) is 19.6 Å². The molecule has 1 aliphatic rings. The van der Waals surface area contributed by atoms with Crippen molar-refractivity contribution in [3.8, 4) is 0 Å². The van der Waals surface area contributed by atoms with Crippen molar-refractivity contribution in [2.24, 2.45) is 11.7 Å². The Hall–Kier alpha value is -0.900. The van der Waals surface area contributed by atoms with Gasteiger partial charge in [0.15, 0.2) is 0 Å². The predicted octanol–water partition coefficient (Wildman–Crippen LogP) is 2.34. The molecule has 112 valence electrons. The van der Waals surface area contributed by atoms with E-state index < -0.39 is 5.60 Å². The van der Waals surface area contributed by atoms with E-state index in [1.807, 2.05) is 37.3 Å². The first-order chi connectivity index (χ1) is 9.56. The van der Waals surface area contributed by atoms with E-state index >= 15 is 0 Å². The van der Waals surface area contributed by atoms with Gasteiger partial charge in [0.1, 0.15) is 0 Å². The van der Waals surface area contributed by atoms with Crippen LogP contribution in [0.1, 0.15) is 38.7 Å². The third-order valence-corrected chi connectivity index (χ3v) is 4.70. The van der Waals surface area contributed by atoms with Gasteiger partial charge < -0.3 is 10.8 Å². The molecule has 1 fully saturated rings. The number of hydrogen-bond acceptors (Lipinski definition) is 3. The van der Waals surface area contributed by atoms with Gasteiger partial charge in [0, 0.05) is 19.1 Å².